The van der Waals surface area contributed by atoms with Crippen molar-refractivity contribution < 1.29 is 14.6 Å². The summed E-state index contributed by atoms with van der Waals surface area (Å²) in [4.78, 5) is 18.7. The number of hydrogen-bond donors (Lipinski definition) is 2. The SMILES string of the molecule is CC(O)CN1CCN(C(=O)Nc2cccc(OCCN(C)C)c2)C(C)C1. The van der Waals surface area contributed by atoms with Crippen LogP contribution in [0.5, 0.6) is 5.75 Å². The van der Waals surface area contributed by atoms with Crippen LogP contribution in [0.25, 0.3) is 0 Å². The quantitative estimate of drug-likeness (QED) is 0.768. The maximum atomic E-state index is 12.6. The number of rotatable bonds is 7. The first kappa shape index (κ1) is 20.5. The molecule has 0 spiro atoms. The first-order chi connectivity index (χ1) is 12.3. The number of ether oxygens (including phenoxy) is 1. The number of nitrogens with one attached hydrogen (secondary N) is 1. The number of carbonyl (C=O) groups is 1. The molecule has 1 aliphatic rings. The molecule has 7 heteroatoms. The van der Waals surface area contributed by atoms with Crippen molar-refractivity contribution in [2.45, 2.75) is 26.0 Å². The van der Waals surface area contributed by atoms with Crippen molar-refractivity contribution >= 4 is 11.7 Å². The Morgan fingerprint density at radius 2 is 2.19 bits per heavy atom. The number of benzene rings is 1. The van der Waals surface area contributed by atoms with Crippen molar-refractivity contribution in [3.63, 3.8) is 0 Å². The van der Waals surface area contributed by atoms with E-state index in [1.807, 2.05) is 50.2 Å². The molecule has 0 saturated carbocycles. The predicted octanol–water partition coefficient (Wildman–Crippen LogP) is 1.55. The van der Waals surface area contributed by atoms with E-state index in [1.54, 1.807) is 6.92 Å². The van der Waals surface area contributed by atoms with Gasteiger partial charge in [0.15, 0.2) is 0 Å². The summed E-state index contributed by atoms with van der Waals surface area (Å²) in [7, 11) is 4.00. The van der Waals surface area contributed by atoms with Gasteiger partial charge in [0.25, 0.3) is 0 Å². The average molecular weight is 364 g/mol. The molecule has 2 amide bonds. The van der Waals surface area contributed by atoms with Gasteiger partial charge >= 0.3 is 6.03 Å². The summed E-state index contributed by atoms with van der Waals surface area (Å²) < 4.78 is 5.72. The van der Waals surface area contributed by atoms with Gasteiger partial charge in [0.05, 0.1) is 6.10 Å². The highest BCUT2D eigenvalue weighted by molar-refractivity contribution is 5.89. The highest BCUT2D eigenvalue weighted by Crippen LogP contribution is 2.19. The second kappa shape index (κ2) is 9.75. The Morgan fingerprint density at radius 3 is 2.85 bits per heavy atom. The smallest absolute Gasteiger partial charge is 0.322 e. The summed E-state index contributed by atoms with van der Waals surface area (Å²) in [5.41, 5.74) is 0.732. The van der Waals surface area contributed by atoms with Crippen molar-refractivity contribution in [3.8, 4) is 5.75 Å². The van der Waals surface area contributed by atoms with Crippen molar-refractivity contribution in [2.75, 3.05) is 58.7 Å². The molecule has 1 aromatic rings. The minimum Gasteiger partial charge on any atom is -0.492 e. The van der Waals surface area contributed by atoms with Gasteiger partial charge < -0.3 is 25.0 Å². The van der Waals surface area contributed by atoms with E-state index in [0.29, 0.717) is 19.7 Å². The lowest BCUT2D eigenvalue weighted by atomic mass is 10.2. The van der Waals surface area contributed by atoms with Gasteiger partial charge in [0.2, 0.25) is 0 Å². The molecule has 0 aromatic heterocycles. The van der Waals surface area contributed by atoms with Crippen LogP contribution >= 0.6 is 0 Å². The zero-order valence-corrected chi connectivity index (χ0v) is 16.3. The Balaban J connectivity index is 1.87. The Labute approximate surface area is 156 Å². The maximum Gasteiger partial charge on any atom is 0.322 e. The standard InChI is InChI=1S/C19H32N4O3/c1-15-13-22(14-16(2)24)8-9-23(15)19(25)20-17-6-5-7-18(12-17)26-11-10-21(3)4/h5-7,12,15-16,24H,8-11,13-14H2,1-4H3,(H,20,25). The summed E-state index contributed by atoms with van der Waals surface area (Å²) in [6.45, 7) is 8.11. The molecule has 7 nitrogen and oxygen atoms in total. The van der Waals surface area contributed by atoms with Gasteiger partial charge in [-0.1, -0.05) is 6.07 Å². The van der Waals surface area contributed by atoms with Gasteiger partial charge in [-0.15, -0.1) is 0 Å². The van der Waals surface area contributed by atoms with Crippen LogP contribution < -0.4 is 10.1 Å². The van der Waals surface area contributed by atoms with Crippen LogP contribution in [0.2, 0.25) is 0 Å². The summed E-state index contributed by atoms with van der Waals surface area (Å²) in [6.07, 6.45) is -0.349. The number of hydrogen-bond acceptors (Lipinski definition) is 5. The predicted molar refractivity (Wildman–Crippen MR) is 104 cm³/mol. The molecule has 1 saturated heterocycles. The Kier molecular flexibility index (Phi) is 7.68. The van der Waals surface area contributed by atoms with Crippen LogP contribution in [0.15, 0.2) is 24.3 Å². The Morgan fingerprint density at radius 1 is 1.42 bits per heavy atom. The van der Waals surface area contributed by atoms with E-state index in [2.05, 4.69) is 15.1 Å². The summed E-state index contributed by atoms with van der Waals surface area (Å²) in [5, 5.41) is 12.5. The van der Waals surface area contributed by atoms with Crippen LogP contribution in [-0.2, 0) is 0 Å². The Bertz CT molecular complexity index is 580. The number of aliphatic hydroxyl groups is 1. The van der Waals surface area contributed by atoms with E-state index in [1.165, 1.54) is 0 Å². The third kappa shape index (κ3) is 6.48. The average Bonchev–Trinajstić information content (AvgIpc) is 2.54. The fourth-order valence-electron chi connectivity index (χ4n) is 3.08. The third-order valence-corrected chi connectivity index (χ3v) is 4.39. The van der Waals surface area contributed by atoms with Crippen LogP contribution in [0.1, 0.15) is 13.8 Å². The number of piperazine rings is 1. The van der Waals surface area contributed by atoms with Crippen LogP contribution in [0.3, 0.4) is 0 Å². The number of carbonyl (C=O) groups excluding carboxylic acids is 1. The third-order valence-electron chi connectivity index (χ3n) is 4.39. The number of likely N-dealkylation sites (N-methyl/N-ethyl adjacent to an activating group) is 1. The number of amides is 2. The highest BCUT2D eigenvalue weighted by Gasteiger charge is 2.27. The van der Waals surface area contributed by atoms with E-state index >= 15 is 0 Å². The maximum absolute atomic E-state index is 12.6. The number of urea groups is 1. The minimum atomic E-state index is -0.349. The number of β-amino-alcohol motifs (C(OH)–C–C–N with tert-alkyl or cyclic N) is 1. The lowest BCUT2D eigenvalue weighted by molar-refractivity contribution is 0.0692. The lowest BCUT2D eigenvalue weighted by Crippen LogP contribution is -2.56. The van der Waals surface area contributed by atoms with Crippen LogP contribution in [0, 0.1) is 0 Å². The van der Waals surface area contributed by atoms with Crippen molar-refractivity contribution in [1.29, 1.82) is 0 Å². The first-order valence-electron chi connectivity index (χ1n) is 9.21. The number of aliphatic hydroxyl groups excluding tert-OH is 1. The van der Waals surface area contributed by atoms with Crippen LogP contribution in [-0.4, -0.2) is 91.4 Å². The largest absolute Gasteiger partial charge is 0.492 e. The summed E-state index contributed by atoms with van der Waals surface area (Å²) in [5.74, 6) is 0.749. The molecule has 1 aromatic carbocycles. The molecule has 1 heterocycles. The van der Waals surface area contributed by atoms with Crippen molar-refractivity contribution in [3.05, 3.63) is 24.3 Å². The van der Waals surface area contributed by atoms with E-state index in [-0.39, 0.29) is 18.2 Å². The van der Waals surface area contributed by atoms with Crippen molar-refractivity contribution in [2.24, 2.45) is 0 Å². The monoisotopic (exact) mass is 364 g/mol. The zero-order chi connectivity index (χ0) is 19.1. The van der Waals surface area contributed by atoms with Gasteiger partial charge in [0, 0.05) is 50.5 Å². The normalized spacial score (nSPS) is 19.5. The van der Waals surface area contributed by atoms with Gasteiger partial charge in [-0.25, -0.2) is 4.79 Å². The second-order valence-corrected chi connectivity index (χ2v) is 7.26. The van der Waals surface area contributed by atoms with E-state index in [4.69, 9.17) is 4.74 Å². The molecule has 0 bridgehead atoms. The molecule has 1 fully saturated rings. The molecule has 0 aliphatic carbocycles. The fraction of sp³-hybridized carbons (Fsp3) is 0.632. The van der Waals surface area contributed by atoms with Gasteiger partial charge in [-0.2, -0.15) is 0 Å². The van der Waals surface area contributed by atoms with E-state index in [0.717, 1.165) is 31.1 Å². The molecular weight excluding hydrogens is 332 g/mol. The molecule has 2 unspecified atom stereocenters. The molecule has 146 valence electrons. The highest BCUT2D eigenvalue weighted by atomic mass is 16.5. The second-order valence-electron chi connectivity index (χ2n) is 7.26. The Hall–Kier alpha value is -1.83. The lowest BCUT2D eigenvalue weighted by Gasteiger charge is -2.40. The van der Waals surface area contributed by atoms with E-state index < -0.39 is 0 Å². The molecular formula is C19H32N4O3. The topological polar surface area (TPSA) is 68.3 Å². The summed E-state index contributed by atoms with van der Waals surface area (Å²) >= 11 is 0. The minimum absolute atomic E-state index is 0.0976. The molecule has 0 radical (unpaired) electrons. The summed E-state index contributed by atoms with van der Waals surface area (Å²) in [6, 6.07) is 7.49. The van der Waals surface area contributed by atoms with Crippen molar-refractivity contribution in [1.82, 2.24) is 14.7 Å². The zero-order valence-electron chi connectivity index (χ0n) is 16.3. The molecule has 26 heavy (non-hydrogen) atoms. The van der Waals surface area contributed by atoms with Gasteiger partial charge in [-0.3, -0.25) is 4.90 Å². The van der Waals surface area contributed by atoms with Crippen LogP contribution in [0.4, 0.5) is 10.5 Å². The number of anilines is 1. The van der Waals surface area contributed by atoms with Gasteiger partial charge in [0.1, 0.15) is 12.4 Å². The van der Waals surface area contributed by atoms with Gasteiger partial charge in [-0.05, 0) is 40.1 Å². The van der Waals surface area contributed by atoms with E-state index in [9.17, 15) is 9.90 Å². The molecule has 2 rings (SSSR count). The molecule has 2 atom stereocenters. The fourth-order valence-corrected chi connectivity index (χ4v) is 3.08. The molecule has 2 N–H and O–H groups in total. The molecule has 1 aliphatic heterocycles. The number of nitrogens with zero attached hydrogens (tertiary/aromatic N) is 3. The first-order valence-corrected chi connectivity index (χ1v) is 9.21.